The molecule has 126 valence electrons. The van der Waals surface area contributed by atoms with E-state index in [2.05, 4.69) is 0 Å². The standard InChI is InChI=1S/C17H18N2O4S/c1-18(2)16(20)14-9-11-15(12-10-14)24(22,23)19(3)17(21)13-7-5-4-6-8-13/h4-12H,1-3H3. The molecular formula is C17H18N2O4S. The second-order valence-corrected chi connectivity index (χ2v) is 7.34. The number of carbonyl (C=O) groups excluding carboxylic acids is 2. The Labute approximate surface area is 141 Å². The van der Waals surface area contributed by atoms with Crippen LogP contribution in [0.2, 0.25) is 0 Å². The van der Waals surface area contributed by atoms with Gasteiger partial charge in [-0.2, -0.15) is 0 Å². The van der Waals surface area contributed by atoms with Gasteiger partial charge in [-0.1, -0.05) is 18.2 Å². The number of hydrogen-bond acceptors (Lipinski definition) is 4. The molecule has 6 nitrogen and oxygen atoms in total. The molecule has 0 aliphatic rings. The molecule has 0 heterocycles. The molecule has 0 spiro atoms. The lowest BCUT2D eigenvalue weighted by atomic mass is 10.2. The highest BCUT2D eigenvalue weighted by atomic mass is 32.2. The zero-order valence-corrected chi connectivity index (χ0v) is 14.4. The number of carbonyl (C=O) groups is 2. The van der Waals surface area contributed by atoms with Crippen LogP contribution in [0.5, 0.6) is 0 Å². The van der Waals surface area contributed by atoms with E-state index >= 15 is 0 Å². The summed E-state index contributed by atoms with van der Waals surface area (Å²) in [6.45, 7) is 0. The van der Waals surface area contributed by atoms with Crippen LogP contribution in [-0.4, -0.2) is 50.6 Å². The summed E-state index contributed by atoms with van der Waals surface area (Å²) < 4.78 is 25.8. The van der Waals surface area contributed by atoms with Gasteiger partial charge in [0.1, 0.15) is 0 Å². The van der Waals surface area contributed by atoms with Crippen LogP contribution in [0.3, 0.4) is 0 Å². The highest BCUT2D eigenvalue weighted by Gasteiger charge is 2.26. The highest BCUT2D eigenvalue weighted by Crippen LogP contribution is 2.18. The van der Waals surface area contributed by atoms with E-state index in [0.717, 1.165) is 0 Å². The lowest BCUT2D eigenvalue weighted by Crippen LogP contribution is -2.33. The van der Waals surface area contributed by atoms with Gasteiger partial charge in [-0.25, -0.2) is 12.7 Å². The van der Waals surface area contributed by atoms with Crippen LogP contribution in [0.4, 0.5) is 0 Å². The van der Waals surface area contributed by atoms with Gasteiger partial charge in [0.2, 0.25) is 0 Å². The van der Waals surface area contributed by atoms with Crippen molar-refractivity contribution in [2.24, 2.45) is 0 Å². The number of nitrogens with zero attached hydrogens (tertiary/aromatic N) is 2. The summed E-state index contributed by atoms with van der Waals surface area (Å²) in [5.41, 5.74) is 0.652. The Morgan fingerprint density at radius 3 is 1.75 bits per heavy atom. The molecule has 0 saturated carbocycles. The number of benzene rings is 2. The van der Waals surface area contributed by atoms with Gasteiger partial charge < -0.3 is 4.90 Å². The summed E-state index contributed by atoms with van der Waals surface area (Å²) in [6, 6.07) is 13.7. The summed E-state index contributed by atoms with van der Waals surface area (Å²) in [6.07, 6.45) is 0. The third kappa shape index (κ3) is 3.46. The molecule has 2 aromatic carbocycles. The van der Waals surface area contributed by atoms with E-state index in [4.69, 9.17) is 0 Å². The Morgan fingerprint density at radius 2 is 1.25 bits per heavy atom. The molecule has 0 fully saturated rings. The Balaban J connectivity index is 2.30. The molecule has 0 aliphatic heterocycles. The van der Waals surface area contributed by atoms with E-state index in [1.165, 1.54) is 36.2 Å². The molecule has 0 atom stereocenters. The molecule has 0 unspecified atom stereocenters. The van der Waals surface area contributed by atoms with Gasteiger partial charge in [-0.05, 0) is 36.4 Å². The Hall–Kier alpha value is -2.67. The van der Waals surface area contributed by atoms with Crippen molar-refractivity contribution < 1.29 is 18.0 Å². The molecule has 24 heavy (non-hydrogen) atoms. The minimum absolute atomic E-state index is 0.0513. The van der Waals surface area contributed by atoms with Crippen LogP contribution in [0.25, 0.3) is 0 Å². The molecule has 0 saturated heterocycles. The van der Waals surface area contributed by atoms with Gasteiger partial charge in [-0.3, -0.25) is 9.59 Å². The first-order chi connectivity index (χ1) is 11.2. The SMILES string of the molecule is CN(C)C(=O)c1ccc(S(=O)(=O)N(C)C(=O)c2ccccc2)cc1. The molecule has 0 aliphatic carbocycles. The topological polar surface area (TPSA) is 74.8 Å². The number of rotatable bonds is 4. The molecule has 2 rings (SSSR count). The first-order valence-electron chi connectivity index (χ1n) is 7.15. The van der Waals surface area contributed by atoms with Crippen molar-refractivity contribution in [1.29, 1.82) is 0 Å². The van der Waals surface area contributed by atoms with Gasteiger partial charge in [0, 0.05) is 32.3 Å². The van der Waals surface area contributed by atoms with Gasteiger partial charge >= 0.3 is 0 Å². The number of sulfonamides is 1. The second-order valence-electron chi connectivity index (χ2n) is 5.37. The molecule has 2 amide bonds. The Bertz CT molecular complexity index is 844. The maximum absolute atomic E-state index is 12.6. The molecule has 0 bridgehead atoms. The fraction of sp³-hybridized carbons (Fsp3) is 0.176. The summed E-state index contributed by atoms with van der Waals surface area (Å²) in [7, 11) is 0.442. The van der Waals surface area contributed by atoms with E-state index in [0.29, 0.717) is 9.87 Å². The lowest BCUT2D eigenvalue weighted by Gasteiger charge is -2.18. The van der Waals surface area contributed by atoms with Crippen molar-refractivity contribution in [1.82, 2.24) is 9.21 Å². The van der Waals surface area contributed by atoms with E-state index in [9.17, 15) is 18.0 Å². The monoisotopic (exact) mass is 346 g/mol. The average Bonchev–Trinajstić information content (AvgIpc) is 2.60. The maximum Gasteiger partial charge on any atom is 0.267 e. The van der Waals surface area contributed by atoms with E-state index in [-0.39, 0.29) is 16.4 Å². The van der Waals surface area contributed by atoms with Crippen molar-refractivity contribution in [3.8, 4) is 0 Å². The Kier molecular flexibility index (Phi) is 5.04. The van der Waals surface area contributed by atoms with Crippen molar-refractivity contribution in [2.75, 3.05) is 21.1 Å². The van der Waals surface area contributed by atoms with Crippen LogP contribution >= 0.6 is 0 Å². The van der Waals surface area contributed by atoms with Crippen LogP contribution in [0, 0.1) is 0 Å². The summed E-state index contributed by atoms with van der Waals surface area (Å²) in [5.74, 6) is -0.850. The zero-order valence-electron chi connectivity index (χ0n) is 13.6. The predicted molar refractivity (Wildman–Crippen MR) is 90.2 cm³/mol. The Morgan fingerprint density at radius 1 is 0.750 bits per heavy atom. The van der Waals surface area contributed by atoms with Crippen molar-refractivity contribution in [3.63, 3.8) is 0 Å². The lowest BCUT2D eigenvalue weighted by molar-refractivity contribution is 0.0826. The molecule has 0 radical (unpaired) electrons. The van der Waals surface area contributed by atoms with Gasteiger partial charge in [-0.15, -0.1) is 0 Å². The van der Waals surface area contributed by atoms with Crippen molar-refractivity contribution >= 4 is 21.8 Å². The van der Waals surface area contributed by atoms with Crippen molar-refractivity contribution in [2.45, 2.75) is 4.90 Å². The molecule has 2 aromatic rings. The summed E-state index contributed by atoms with van der Waals surface area (Å²) >= 11 is 0. The molecular weight excluding hydrogens is 328 g/mol. The van der Waals surface area contributed by atoms with Gasteiger partial charge in [0.05, 0.1) is 4.90 Å². The smallest absolute Gasteiger partial charge is 0.267 e. The molecule has 0 aromatic heterocycles. The largest absolute Gasteiger partial charge is 0.345 e. The normalized spacial score (nSPS) is 11.0. The minimum atomic E-state index is -3.99. The summed E-state index contributed by atoms with van der Waals surface area (Å²) in [5, 5.41) is 0. The molecule has 0 N–H and O–H groups in total. The fourth-order valence-electron chi connectivity index (χ4n) is 2.06. The maximum atomic E-state index is 12.6. The predicted octanol–water partition coefficient (Wildman–Crippen LogP) is 1.85. The van der Waals surface area contributed by atoms with Crippen LogP contribution < -0.4 is 0 Å². The van der Waals surface area contributed by atoms with Crippen LogP contribution in [0.15, 0.2) is 59.5 Å². The third-order valence-corrected chi connectivity index (χ3v) is 5.23. The van der Waals surface area contributed by atoms with E-state index in [1.54, 1.807) is 44.4 Å². The minimum Gasteiger partial charge on any atom is -0.345 e. The average molecular weight is 346 g/mol. The quantitative estimate of drug-likeness (QED) is 0.847. The van der Waals surface area contributed by atoms with Crippen LogP contribution in [-0.2, 0) is 10.0 Å². The second kappa shape index (κ2) is 6.84. The van der Waals surface area contributed by atoms with Gasteiger partial charge in [0.25, 0.3) is 21.8 Å². The van der Waals surface area contributed by atoms with Gasteiger partial charge in [0.15, 0.2) is 0 Å². The fourth-order valence-corrected chi connectivity index (χ4v) is 3.18. The molecule has 7 heteroatoms. The number of amides is 2. The van der Waals surface area contributed by atoms with Crippen LogP contribution in [0.1, 0.15) is 20.7 Å². The zero-order chi connectivity index (χ0) is 17.9. The highest BCUT2D eigenvalue weighted by molar-refractivity contribution is 7.89. The van der Waals surface area contributed by atoms with E-state index in [1.807, 2.05) is 0 Å². The number of hydrogen-bond donors (Lipinski definition) is 0. The third-order valence-electron chi connectivity index (χ3n) is 3.47. The van der Waals surface area contributed by atoms with Crippen molar-refractivity contribution in [3.05, 3.63) is 65.7 Å². The first kappa shape index (κ1) is 17.7. The summed E-state index contributed by atoms with van der Waals surface area (Å²) in [4.78, 5) is 25.5. The first-order valence-corrected chi connectivity index (χ1v) is 8.59. The van der Waals surface area contributed by atoms with E-state index < -0.39 is 15.9 Å².